The second-order valence-corrected chi connectivity index (χ2v) is 4.76. The Morgan fingerprint density at radius 2 is 1.11 bits per heavy atom. The molecule has 0 radical (unpaired) electrons. The molecule has 0 saturated heterocycles. The molecule has 0 aliphatic heterocycles. The number of rotatable bonds is 2. The maximum atomic E-state index is 2.28. The van der Waals surface area contributed by atoms with E-state index in [-0.39, 0.29) is 0 Å². The molecule has 0 bridgehead atoms. The molecule has 3 aromatic carbocycles. The minimum atomic E-state index is 1.26. The minimum absolute atomic E-state index is 1.26. The molecule has 0 aliphatic carbocycles. The summed E-state index contributed by atoms with van der Waals surface area (Å²) in [6.07, 6.45) is 0. The monoisotopic (exact) mass is 242 g/mol. The van der Waals surface area contributed by atoms with E-state index in [1.54, 1.807) is 0 Å². The first kappa shape index (κ1) is 11.8. The van der Waals surface area contributed by atoms with Gasteiger partial charge in [0.25, 0.3) is 0 Å². The minimum Gasteiger partial charge on any atom is -0.0812 e. The van der Waals surface area contributed by atoms with Crippen LogP contribution in [0, 0.1) is 0 Å². The van der Waals surface area contributed by atoms with Gasteiger partial charge in [-0.15, -0.1) is 0 Å². The molecule has 90 valence electrons. The molecule has 0 atom stereocenters. The van der Waals surface area contributed by atoms with Crippen LogP contribution in [0.5, 0.6) is 0 Å². The Morgan fingerprint density at radius 3 is 1.74 bits per heavy atom. The lowest BCUT2D eigenvalue weighted by Crippen LogP contribution is -2.06. The first-order chi connectivity index (χ1) is 9.34. The average Bonchev–Trinajstić information content (AvgIpc) is 2.49. The van der Waals surface area contributed by atoms with Gasteiger partial charge in [-0.3, -0.25) is 0 Å². The lowest BCUT2D eigenvalue weighted by atomic mass is 9.85. The molecular formula is C18H15B. The summed E-state index contributed by atoms with van der Waals surface area (Å²) in [4.78, 5) is 0. The third kappa shape index (κ3) is 2.46. The van der Waals surface area contributed by atoms with Gasteiger partial charge in [-0.1, -0.05) is 78.3 Å². The van der Waals surface area contributed by atoms with Gasteiger partial charge < -0.3 is 0 Å². The van der Waals surface area contributed by atoms with Gasteiger partial charge in [0.05, 0.1) is 0 Å². The zero-order chi connectivity index (χ0) is 13.1. The Labute approximate surface area is 115 Å². The summed E-state index contributed by atoms with van der Waals surface area (Å²) in [5, 5.41) is 0. The molecule has 0 spiro atoms. The maximum Gasteiger partial charge on any atom is 0.140 e. The van der Waals surface area contributed by atoms with E-state index >= 15 is 0 Å². The fourth-order valence-electron chi connectivity index (χ4n) is 2.36. The van der Waals surface area contributed by atoms with E-state index in [0.29, 0.717) is 0 Å². The van der Waals surface area contributed by atoms with Crippen molar-refractivity contribution in [1.82, 2.24) is 0 Å². The highest BCUT2D eigenvalue weighted by Crippen LogP contribution is 2.24. The van der Waals surface area contributed by atoms with Gasteiger partial charge in [-0.2, -0.15) is 0 Å². The van der Waals surface area contributed by atoms with Crippen LogP contribution in [0.3, 0.4) is 0 Å². The summed E-state index contributed by atoms with van der Waals surface area (Å²) in [5.74, 6) is 0. The molecule has 19 heavy (non-hydrogen) atoms. The summed E-state index contributed by atoms with van der Waals surface area (Å²) < 4.78 is 0. The maximum absolute atomic E-state index is 2.28. The van der Waals surface area contributed by atoms with Crippen molar-refractivity contribution >= 4 is 13.3 Å². The van der Waals surface area contributed by atoms with Crippen molar-refractivity contribution < 1.29 is 0 Å². The fraction of sp³-hybridized carbons (Fsp3) is 0. The Kier molecular flexibility index (Phi) is 3.20. The van der Waals surface area contributed by atoms with E-state index in [0.717, 1.165) is 0 Å². The van der Waals surface area contributed by atoms with Crippen LogP contribution in [-0.2, 0) is 0 Å². The second-order valence-electron chi connectivity index (χ2n) is 4.76. The van der Waals surface area contributed by atoms with E-state index in [2.05, 4.69) is 86.7 Å². The third-order valence-corrected chi connectivity index (χ3v) is 3.43. The zero-order valence-corrected chi connectivity index (χ0v) is 11.0. The van der Waals surface area contributed by atoms with Gasteiger partial charge in [0.1, 0.15) is 7.85 Å². The molecule has 3 rings (SSSR count). The van der Waals surface area contributed by atoms with Gasteiger partial charge in [0.2, 0.25) is 0 Å². The highest BCUT2D eigenvalue weighted by Gasteiger charge is 2.04. The summed E-state index contributed by atoms with van der Waals surface area (Å²) in [6.45, 7) is 0. The highest BCUT2D eigenvalue weighted by atomic mass is 14.1. The number of benzene rings is 3. The Bertz CT molecular complexity index is 673. The molecule has 0 heterocycles. The SMILES string of the molecule is Bc1ccc(-c2ccccc2)cc1-c1ccccc1. The van der Waals surface area contributed by atoms with Crippen LogP contribution in [0.2, 0.25) is 0 Å². The topological polar surface area (TPSA) is 0 Å². The van der Waals surface area contributed by atoms with E-state index in [1.807, 2.05) is 0 Å². The molecule has 0 fully saturated rings. The summed E-state index contributed by atoms with van der Waals surface area (Å²) in [6, 6.07) is 27.7. The van der Waals surface area contributed by atoms with Gasteiger partial charge >= 0.3 is 0 Å². The Morgan fingerprint density at radius 1 is 0.526 bits per heavy atom. The van der Waals surface area contributed by atoms with Crippen molar-refractivity contribution in [3.63, 3.8) is 0 Å². The largest absolute Gasteiger partial charge is 0.140 e. The van der Waals surface area contributed by atoms with Gasteiger partial charge in [0, 0.05) is 0 Å². The van der Waals surface area contributed by atoms with Gasteiger partial charge in [-0.25, -0.2) is 0 Å². The van der Waals surface area contributed by atoms with E-state index in [4.69, 9.17) is 0 Å². The van der Waals surface area contributed by atoms with Crippen LogP contribution < -0.4 is 5.46 Å². The van der Waals surface area contributed by atoms with Crippen molar-refractivity contribution in [1.29, 1.82) is 0 Å². The highest BCUT2D eigenvalue weighted by molar-refractivity contribution is 6.36. The van der Waals surface area contributed by atoms with Crippen LogP contribution in [0.1, 0.15) is 0 Å². The fourth-order valence-corrected chi connectivity index (χ4v) is 2.36. The average molecular weight is 242 g/mol. The van der Waals surface area contributed by atoms with Crippen LogP contribution in [0.4, 0.5) is 0 Å². The normalized spacial score (nSPS) is 10.3. The van der Waals surface area contributed by atoms with E-state index < -0.39 is 0 Å². The molecule has 0 aromatic heterocycles. The van der Waals surface area contributed by atoms with Crippen LogP contribution >= 0.6 is 0 Å². The molecule has 0 aliphatic rings. The Balaban J connectivity index is 2.12. The van der Waals surface area contributed by atoms with Crippen molar-refractivity contribution in [2.45, 2.75) is 0 Å². The molecule has 0 unspecified atom stereocenters. The molecule has 0 N–H and O–H groups in total. The van der Waals surface area contributed by atoms with Crippen molar-refractivity contribution in [2.24, 2.45) is 0 Å². The summed E-state index contributed by atoms with van der Waals surface area (Å²) in [7, 11) is 2.16. The van der Waals surface area contributed by atoms with Crippen LogP contribution in [0.15, 0.2) is 78.9 Å². The predicted molar refractivity (Wildman–Crippen MR) is 85.5 cm³/mol. The third-order valence-electron chi connectivity index (χ3n) is 3.43. The van der Waals surface area contributed by atoms with E-state index in [9.17, 15) is 0 Å². The van der Waals surface area contributed by atoms with Crippen molar-refractivity contribution in [2.75, 3.05) is 0 Å². The molecule has 0 nitrogen and oxygen atoms in total. The zero-order valence-electron chi connectivity index (χ0n) is 11.0. The van der Waals surface area contributed by atoms with Crippen LogP contribution in [0.25, 0.3) is 22.3 Å². The second kappa shape index (κ2) is 5.15. The summed E-state index contributed by atoms with van der Waals surface area (Å²) >= 11 is 0. The smallest absolute Gasteiger partial charge is 0.0812 e. The molecular weight excluding hydrogens is 227 g/mol. The lowest BCUT2D eigenvalue weighted by Gasteiger charge is -2.09. The predicted octanol–water partition coefficient (Wildman–Crippen LogP) is 3.28. The molecule has 0 saturated carbocycles. The van der Waals surface area contributed by atoms with Gasteiger partial charge in [-0.05, 0) is 28.3 Å². The number of hydrogen-bond donors (Lipinski definition) is 0. The van der Waals surface area contributed by atoms with Gasteiger partial charge in [0.15, 0.2) is 0 Å². The van der Waals surface area contributed by atoms with Crippen molar-refractivity contribution in [3.8, 4) is 22.3 Å². The van der Waals surface area contributed by atoms with E-state index in [1.165, 1.54) is 27.7 Å². The van der Waals surface area contributed by atoms with Crippen molar-refractivity contribution in [3.05, 3.63) is 78.9 Å². The molecule has 0 amide bonds. The van der Waals surface area contributed by atoms with Crippen LogP contribution in [-0.4, -0.2) is 7.85 Å². The Hall–Kier alpha value is -2.28. The number of hydrogen-bond acceptors (Lipinski definition) is 0. The molecule has 1 heteroatoms. The first-order valence-corrected chi connectivity index (χ1v) is 6.56. The molecule has 3 aromatic rings. The first-order valence-electron chi connectivity index (χ1n) is 6.56. The lowest BCUT2D eigenvalue weighted by molar-refractivity contribution is 1.61. The standard InChI is InChI=1S/C18H15B/c19-18-12-11-16(14-7-3-1-4-8-14)13-17(18)15-9-5-2-6-10-15/h1-13H,19H2. The summed E-state index contributed by atoms with van der Waals surface area (Å²) in [5.41, 5.74) is 6.43. The quantitative estimate of drug-likeness (QED) is 0.605.